The smallest absolute Gasteiger partial charge is 0.280 e. The summed E-state index contributed by atoms with van der Waals surface area (Å²) in [4.78, 5) is 16.6. The number of anilines is 1. The van der Waals surface area contributed by atoms with Gasteiger partial charge < -0.3 is 10.2 Å². The number of aryl methyl sites for hydroxylation is 1. The Morgan fingerprint density at radius 3 is 3.12 bits per heavy atom. The summed E-state index contributed by atoms with van der Waals surface area (Å²) in [6.45, 7) is 3.66. The van der Waals surface area contributed by atoms with Crippen LogP contribution < -0.4 is 10.2 Å². The molecule has 2 N–H and O–H groups in total. The van der Waals surface area contributed by atoms with Gasteiger partial charge in [-0.3, -0.25) is 4.79 Å². The SMILES string of the molecule is C[C@@H]1c2ccsc2CC[NH+]1CC(=O)Nc1sc2c(c1C#N)CCC2. The van der Waals surface area contributed by atoms with Crippen LogP contribution in [0, 0.1) is 11.3 Å². The molecule has 0 spiro atoms. The highest BCUT2D eigenvalue weighted by atomic mass is 32.1. The van der Waals surface area contributed by atoms with Crippen molar-refractivity contribution in [3.8, 4) is 6.07 Å². The molecule has 1 aliphatic carbocycles. The number of amides is 1. The second-order valence-electron chi connectivity index (χ2n) is 6.58. The lowest BCUT2D eigenvalue weighted by atomic mass is 10.0. The van der Waals surface area contributed by atoms with Crippen LogP contribution >= 0.6 is 22.7 Å². The fourth-order valence-corrected chi connectivity index (χ4v) is 6.11. The highest BCUT2D eigenvalue weighted by Gasteiger charge is 2.30. The van der Waals surface area contributed by atoms with E-state index < -0.39 is 0 Å². The second-order valence-corrected chi connectivity index (χ2v) is 8.68. The van der Waals surface area contributed by atoms with Gasteiger partial charge in [0.25, 0.3) is 5.91 Å². The number of rotatable bonds is 3. The average Bonchev–Trinajstić information content (AvgIpc) is 3.25. The van der Waals surface area contributed by atoms with Crippen LogP contribution in [0.5, 0.6) is 0 Å². The number of hydrogen-bond acceptors (Lipinski definition) is 4. The lowest BCUT2D eigenvalue weighted by Gasteiger charge is -2.29. The van der Waals surface area contributed by atoms with Gasteiger partial charge in [-0.25, -0.2) is 0 Å². The van der Waals surface area contributed by atoms with E-state index in [-0.39, 0.29) is 5.91 Å². The van der Waals surface area contributed by atoms with Crippen LogP contribution in [0.1, 0.15) is 45.8 Å². The molecule has 0 aromatic carbocycles. The summed E-state index contributed by atoms with van der Waals surface area (Å²) in [6, 6.07) is 4.84. The minimum Gasteiger partial charge on any atom is -0.321 e. The maximum atomic E-state index is 12.5. The van der Waals surface area contributed by atoms with Crippen molar-refractivity contribution >= 4 is 33.6 Å². The number of nitriles is 1. The molecule has 1 amide bonds. The third kappa shape index (κ3) is 2.67. The molecule has 2 atom stereocenters. The van der Waals surface area contributed by atoms with Gasteiger partial charge in [-0.05, 0) is 43.2 Å². The van der Waals surface area contributed by atoms with Gasteiger partial charge in [0.05, 0.1) is 12.1 Å². The molecule has 2 aliphatic rings. The summed E-state index contributed by atoms with van der Waals surface area (Å²) in [5.74, 6) is 0.0203. The van der Waals surface area contributed by atoms with Gasteiger partial charge in [0.15, 0.2) is 6.54 Å². The number of carbonyl (C=O) groups excluding carboxylic acids is 1. The number of nitrogens with zero attached hydrogens (tertiary/aromatic N) is 1. The summed E-state index contributed by atoms with van der Waals surface area (Å²) >= 11 is 3.41. The molecule has 2 aromatic rings. The Kier molecular flexibility index (Phi) is 4.17. The van der Waals surface area contributed by atoms with Crippen molar-refractivity contribution in [1.82, 2.24) is 0 Å². The third-order valence-corrected chi connectivity index (χ3v) is 7.41. The summed E-state index contributed by atoms with van der Waals surface area (Å²) in [6.07, 6.45) is 4.19. The molecule has 24 heavy (non-hydrogen) atoms. The van der Waals surface area contributed by atoms with E-state index in [0.717, 1.165) is 37.2 Å². The Hall–Kier alpha value is -1.68. The predicted octanol–water partition coefficient (Wildman–Crippen LogP) is 2.31. The van der Waals surface area contributed by atoms with E-state index in [1.54, 1.807) is 11.3 Å². The molecule has 0 saturated carbocycles. The summed E-state index contributed by atoms with van der Waals surface area (Å²) < 4.78 is 0. The molecular weight excluding hydrogens is 338 g/mol. The number of thiophene rings is 2. The fourth-order valence-electron chi connectivity index (χ4n) is 3.88. The van der Waals surface area contributed by atoms with Crippen LogP contribution in [0.3, 0.4) is 0 Å². The van der Waals surface area contributed by atoms with E-state index in [0.29, 0.717) is 18.2 Å². The molecule has 1 aliphatic heterocycles. The first kappa shape index (κ1) is 15.8. The van der Waals surface area contributed by atoms with Crippen LogP contribution in [0.2, 0.25) is 0 Å². The van der Waals surface area contributed by atoms with E-state index in [9.17, 15) is 10.1 Å². The van der Waals surface area contributed by atoms with Crippen molar-refractivity contribution in [2.45, 2.75) is 38.6 Å². The Bertz CT molecular complexity index is 830. The molecule has 4 nitrogen and oxygen atoms in total. The van der Waals surface area contributed by atoms with Crippen LogP contribution in [0.15, 0.2) is 11.4 Å². The quantitative estimate of drug-likeness (QED) is 0.885. The van der Waals surface area contributed by atoms with Crippen LogP contribution in [-0.2, 0) is 24.1 Å². The third-order valence-electron chi connectivity index (χ3n) is 5.21. The van der Waals surface area contributed by atoms with Gasteiger partial charge in [-0.15, -0.1) is 22.7 Å². The highest BCUT2D eigenvalue weighted by molar-refractivity contribution is 7.16. The standard InChI is InChI=1S/C18H19N3OS2/c1-11-12-6-8-23-15(12)5-7-21(11)10-17(22)20-18-14(9-19)13-3-2-4-16(13)24-18/h6,8,11H,2-5,7,10H2,1H3,(H,20,22)/p+1/t11-/m1/s1. The van der Waals surface area contributed by atoms with Crippen molar-refractivity contribution in [2.24, 2.45) is 0 Å². The molecular formula is C18H20N3OS2+. The molecule has 3 heterocycles. The number of fused-ring (bicyclic) bond motifs is 2. The first-order chi connectivity index (χ1) is 11.7. The Morgan fingerprint density at radius 2 is 2.29 bits per heavy atom. The lowest BCUT2D eigenvalue weighted by Crippen LogP contribution is -3.14. The van der Waals surface area contributed by atoms with Crippen molar-refractivity contribution in [1.29, 1.82) is 5.26 Å². The molecule has 0 bridgehead atoms. The van der Waals surface area contributed by atoms with Crippen molar-refractivity contribution in [3.05, 3.63) is 37.9 Å². The number of carbonyl (C=O) groups is 1. The Labute approximate surface area is 149 Å². The molecule has 6 heteroatoms. The Morgan fingerprint density at radius 1 is 1.42 bits per heavy atom. The van der Waals surface area contributed by atoms with Crippen molar-refractivity contribution in [2.75, 3.05) is 18.4 Å². The van der Waals surface area contributed by atoms with Gasteiger partial charge in [0, 0.05) is 21.7 Å². The maximum absolute atomic E-state index is 12.5. The van der Waals surface area contributed by atoms with Crippen LogP contribution in [0.4, 0.5) is 5.00 Å². The van der Waals surface area contributed by atoms with Gasteiger partial charge >= 0.3 is 0 Å². The largest absolute Gasteiger partial charge is 0.321 e. The monoisotopic (exact) mass is 358 g/mol. The normalized spacial score (nSPS) is 21.8. The van der Waals surface area contributed by atoms with Gasteiger partial charge in [-0.1, -0.05) is 0 Å². The molecule has 0 saturated heterocycles. The van der Waals surface area contributed by atoms with E-state index >= 15 is 0 Å². The van der Waals surface area contributed by atoms with Gasteiger partial charge in [-0.2, -0.15) is 5.26 Å². The number of nitrogens with one attached hydrogen (secondary N) is 2. The zero-order valence-corrected chi connectivity index (χ0v) is 15.3. The Balaban J connectivity index is 1.46. The molecule has 0 radical (unpaired) electrons. The minimum absolute atomic E-state index is 0.0203. The summed E-state index contributed by atoms with van der Waals surface area (Å²) in [5, 5.41) is 15.4. The molecule has 1 unspecified atom stereocenters. The van der Waals surface area contributed by atoms with E-state index in [4.69, 9.17) is 0 Å². The minimum atomic E-state index is 0.0203. The van der Waals surface area contributed by atoms with Crippen molar-refractivity contribution in [3.63, 3.8) is 0 Å². The van der Waals surface area contributed by atoms with Crippen molar-refractivity contribution < 1.29 is 9.69 Å². The fraction of sp³-hybridized carbons (Fsp3) is 0.444. The first-order valence-electron chi connectivity index (χ1n) is 8.42. The van der Waals surface area contributed by atoms with Gasteiger partial charge in [0.1, 0.15) is 17.1 Å². The summed E-state index contributed by atoms with van der Waals surface area (Å²) in [5.41, 5.74) is 3.25. The zero-order valence-electron chi connectivity index (χ0n) is 13.6. The van der Waals surface area contributed by atoms with E-state index in [1.807, 2.05) is 11.3 Å². The predicted molar refractivity (Wildman–Crippen MR) is 96.8 cm³/mol. The van der Waals surface area contributed by atoms with E-state index in [1.165, 1.54) is 25.8 Å². The van der Waals surface area contributed by atoms with Gasteiger partial charge in [0.2, 0.25) is 0 Å². The van der Waals surface area contributed by atoms with Crippen LogP contribution in [0.25, 0.3) is 0 Å². The van der Waals surface area contributed by atoms with E-state index in [2.05, 4.69) is 29.8 Å². The molecule has 0 fully saturated rings. The summed E-state index contributed by atoms with van der Waals surface area (Å²) in [7, 11) is 0. The highest BCUT2D eigenvalue weighted by Crippen LogP contribution is 2.38. The number of hydrogen-bond donors (Lipinski definition) is 2. The molecule has 4 rings (SSSR count). The molecule has 124 valence electrons. The van der Waals surface area contributed by atoms with Crippen LogP contribution in [-0.4, -0.2) is 19.0 Å². The molecule has 2 aromatic heterocycles. The second kappa shape index (κ2) is 6.32. The topological polar surface area (TPSA) is 57.3 Å². The lowest BCUT2D eigenvalue weighted by molar-refractivity contribution is -0.923. The number of quaternary nitrogens is 1. The first-order valence-corrected chi connectivity index (χ1v) is 10.1. The zero-order chi connectivity index (χ0) is 16.7. The average molecular weight is 359 g/mol. The maximum Gasteiger partial charge on any atom is 0.280 e.